The van der Waals surface area contributed by atoms with E-state index in [0.717, 1.165) is 39.2 Å². The van der Waals surface area contributed by atoms with E-state index in [2.05, 4.69) is 45.0 Å². The zero-order chi connectivity index (χ0) is 31.2. The van der Waals surface area contributed by atoms with Crippen molar-refractivity contribution in [2.24, 2.45) is 4.99 Å². The molecule has 6 rings (SSSR count). The Kier molecular flexibility index (Phi) is 7.55. The minimum atomic E-state index is -0.668. The second-order valence-corrected chi connectivity index (χ2v) is 13.0. The average molecular weight is 603 g/mol. The minimum Gasteiger partial charge on any atom is -0.466 e. The fourth-order valence-electron chi connectivity index (χ4n) is 5.46. The Balaban J connectivity index is 1.55. The van der Waals surface area contributed by atoms with E-state index >= 15 is 0 Å². The number of thiazole rings is 1. The van der Waals surface area contributed by atoms with Crippen LogP contribution >= 0.6 is 11.3 Å². The summed E-state index contributed by atoms with van der Waals surface area (Å²) in [7, 11) is 1.35. The Hall–Kier alpha value is -4.82. The van der Waals surface area contributed by atoms with Gasteiger partial charge in [0.2, 0.25) is 0 Å². The highest BCUT2D eigenvalue weighted by molar-refractivity contribution is 7.07. The maximum atomic E-state index is 14.2. The van der Waals surface area contributed by atoms with Crippen LogP contribution in [0, 0.1) is 6.92 Å². The molecule has 222 valence electrons. The number of methoxy groups -OCH3 is 1. The van der Waals surface area contributed by atoms with Crippen LogP contribution in [0.3, 0.4) is 0 Å². The van der Waals surface area contributed by atoms with Crippen molar-refractivity contribution in [3.63, 3.8) is 0 Å². The molecule has 0 saturated carbocycles. The van der Waals surface area contributed by atoms with E-state index in [-0.39, 0.29) is 11.0 Å². The lowest BCUT2D eigenvalue weighted by Crippen LogP contribution is -2.39. The number of fused-ring (bicyclic) bond motifs is 1. The van der Waals surface area contributed by atoms with Crippen LogP contribution in [0.15, 0.2) is 106 Å². The van der Waals surface area contributed by atoms with Crippen LogP contribution in [0.2, 0.25) is 0 Å². The van der Waals surface area contributed by atoms with Crippen LogP contribution in [0.5, 0.6) is 0 Å². The molecule has 0 spiro atoms. The van der Waals surface area contributed by atoms with Crippen molar-refractivity contribution in [2.75, 3.05) is 7.11 Å². The van der Waals surface area contributed by atoms with Gasteiger partial charge in [-0.2, -0.15) is 5.10 Å². The number of benzene rings is 3. The molecule has 1 aliphatic heterocycles. The third-order valence-corrected chi connectivity index (χ3v) is 8.88. The SMILES string of the molecule is COC(=O)C1=C(C)N=c2s/c(=C\c3cn(-c4ccccc4)nc3-c3ccc(C)cc3)c(=O)n2[C@H]1c1ccc(C(C)(C)C)cc1. The van der Waals surface area contributed by atoms with Gasteiger partial charge in [0.1, 0.15) is 0 Å². The lowest BCUT2D eigenvalue weighted by atomic mass is 9.85. The Morgan fingerprint density at radius 1 is 0.955 bits per heavy atom. The van der Waals surface area contributed by atoms with Crippen LogP contribution in [0.1, 0.15) is 56.0 Å². The van der Waals surface area contributed by atoms with Gasteiger partial charge >= 0.3 is 5.97 Å². The highest BCUT2D eigenvalue weighted by Gasteiger charge is 2.33. The fraction of sp³-hybridized carbons (Fsp3) is 0.222. The third kappa shape index (κ3) is 5.37. The highest BCUT2D eigenvalue weighted by atomic mass is 32.1. The van der Waals surface area contributed by atoms with E-state index in [0.29, 0.717) is 20.6 Å². The van der Waals surface area contributed by atoms with Crippen LogP contribution in [0.25, 0.3) is 23.0 Å². The molecule has 0 aliphatic carbocycles. The summed E-state index contributed by atoms with van der Waals surface area (Å²) in [6, 6.07) is 25.5. The molecule has 0 unspecified atom stereocenters. The molecule has 2 aromatic heterocycles. The number of para-hydroxylation sites is 1. The lowest BCUT2D eigenvalue weighted by molar-refractivity contribution is -0.136. The molecule has 0 fully saturated rings. The van der Waals surface area contributed by atoms with Gasteiger partial charge in [0.15, 0.2) is 4.80 Å². The van der Waals surface area contributed by atoms with Crippen molar-refractivity contribution >= 4 is 23.4 Å². The van der Waals surface area contributed by atoms with Crippen LogP contribution in [-0.2, 0) is 14.9 Å². The van der Waals surface area contributed by atoms with Gasteiger partial charge in [-0.1, -0.05) is 104 Å². The van der Waals surface area contributed by atoms with Crippen LogP contribution in [-0.4, -0.2) is 27.4 Å². The summed E-state index contributed by atoms with van der Waals surface area (Å²) >= 11 is 1.30. The molecule has 44 heavy (non-hydrogen) atoms. The Bertz CT molecular complexity index is 2080. The standard InChI is InChI=1S/C36H34N4O3S/c1-22-12-14-24(15-13-22)31-26(21-39(38-31)28-10-8-7-9-11-28)20-29-33(41)40-32(25-16-18-27(19-17-25)36(3,4)5)30(34(42)43-6)23(2)37-35(40)44-29/h7-21,32H,1-6H3/b29-20-/t32-/m0/s1. The number of esters is 1. The average Bonchev–Trinajstić information content (AvgIpc) is 3.57. The van der Waals surface area contributed by atoms with Crippen molar-refractivity contribution in [2.45, 2.75) is 46.1 Å². The monoisotopic (exact) mass is 602 g/mol. The lowest BCUT2D eigenvalue weighted by Gasteiger charge is -2.25. The number of carbonyl (C=O) groups excluding carboxylic acids is 1. The van der Waals surface area contributed by atoms with Crippen molar-refractivity contribution in [3.05, 3.63) is 138 Å². The summed E-state index contributed by atoms with van der Waals surface area (Å²) in [6.45, 7) is 10.3. The minimum absolute atomic E-state index is 0.0385. The van der Waals surface area contributed by atoms with Gasteiger partial charge < -0.3 is 4.74 Å². The fourth-order valence-corrected chi connectivity index (χ4v) is 6.49. The predicted octanol–water partition coefficient (Wildman–Crippen LogP) is 5.87. The first kappa shape index (κ1) is 29.3. The van der Waals surface area contributed by atoms with E-state index in [1.165, 1.54) is 18.4 Å². The molecule has 1 aliphatic rings. The molecule has 0 bridgehead atoms. The predicted molar refractivity (Wildman–Crippen MR) is 175 cm³/mol. The van der Waals surface area contributed by atoms with Crippen LogP contribution in [0.4, 0.5) is 0 Å². The summed E-state index contributed by atoms with van der Waals surface area (Å²) in [5, 5.41) is 4.93. The Morgan fingerprint density at radius 3 is 2.27 bits per heavy atom. The summed E-state index contributed by atoms with van der Waals surface area (Å²) in [5.74, 6) is -0.503. The van der Waals surface area contributed by atoms with Crippen molar-refractivity contribution in [1.82, 2.24) is 14.3 Å². The molecule has 7 nitrogen and oxygen atoms in total. The number of hydrogen-bond donors (Lipinski definition) is 0. The maximum absolute atomic E-state index is 14.2. The molecule has 5 aromatic rings. The summed E-state index contributed by atoms with van der Waals surface area (Å²) in [6.07, 6.45) is 3.82. The summed E-state index contributed by atoms with van der Waals surface area (Å²) < 4.78 is 9.13. The Labute approximate surface area is 260 Å². The van der Waals surface area contributed by atoms with E-state index in [1.807, 2.05) is 78.5 Å². The van der Waals surface area contributed by atoms with Gasteiger partial charge in [-0.05, 0) is 48.6 Å². The number of allylic oxidation sites excluding steroid dienone is 1. The number of aryl methyl sites for hydroxylation is 1. The first-order valence-corrected chi connectivity index (χ1v) is 15.3. The molecule has 8 heteroatoms. The highest BCUT2D eigenvalue weighted by Crippen LogP contribution is 2.32. The van der Waals surface area contributed by atoms with Gasteiger partial charge in [0.25, 0.3) is 5.56 Å². The summed E-state index contributed by atoms with van der Waals surface area (Å²) in [4.78, 5) is 32.6. The van der Waals surface area contributed by atoms with E-state index in [1.54, 1.807) is 11.5 Å². The van der Waals surface area contributed by atoms with Crippen molar-refractivity contribution in [3.8, 4) is 16.9 Å². The first-order valence-electron chi connectivity index (χ1n) is 14.5. The van der Waals surface area contributed by atoms with E-state index < -0.39 is 12.0 Å². The van der Waals surface area contributed by atoms with Crippen molar-refractivity contribution in [1.29, 1.82) is 0 Å². The number of hydrogen-bond acceptors (Lipinski definition) is 6. The van der Waals surface area contributed by atoms with Gasteiger partial charge in [0.05, 0.1) is 40.3 Å². The molecule has 0 saturated heterocycles. The zero-order valence-electron chi connectivity index (χ0n) is 25.7. The number of aromatic nitrogens is 3. The maximum Gasteiger partial charge on any atom is 0.338 e. The van der Waals surface area contributed by atoms with E-state index in [4.69, 9.17) is 14.8 Å². The second-order valence-electron chi connectivity index (χ2n) is 12.0. The second kappa shape index (κ2) is 11.4. The molecule has 0 N–H and O–H groups in total. The van der Waals surface area contributed by atoms with E-state index in [9.17, 15) is 9.59 Å². The van der Waals surface area contributed by atoms with Crippen LogP contribution < -0.4 is 14.9 Å². The van der Waals surface area contributed by atoms with Crippen molar-refractivity contribution < 1.29 is 9.53 Å². The molecular weight excluding hydrogens is 568 g/mol. The van der Waals surface area contributed by atoms with Gasteiger partial charge in [0, 0.05) is 17.3 Å². The number of ether oxygens (including phenoxy) is 1. The molecule has 3 heterocycles. The normalized spacial score (nSPS) is 15.2. The summed E-state index contributed by atoms with van der Waals surface area (Å²) in [5.41, 5.74) is 7.18. The number of nitrogens with zero attached hydrogens (tertiary/aromatic N) is 4. The zero-order valence-corrected chi connectivity index (χ0v) is 26.5. The smallest absolute Gasteiger partial charge is 0.338 e. The Morgan fingerprint density at radius 2 is 1.64 bits per heavy atom. The number of carbonyl (C=O) groups is 1. The van der Waals surface area contributed by atoms with Gasteiger partial charge in [-0.15, -0.1) is 0 Å². The molecule has 3 aromatic carbocycles. The molecule has 1 atom stereocenters. The molecule has 0 radical (unpaired) electrons. The quantitative estimate of drug-likeness (QED) is 0.236. The molecular formula is C36H34N4O3S. The van der Waals surface area contributed by atoms with Gasteiger partial charge in [-0.3, -0.25) is 9.36 Å². The first-order chi connectivity index (χ1) is 21.0. The van der Waals surface area contributed by atoms with Gasteiger partial charge in [-0.25, -0.2) is 14.5 Å². The molecule has 0 amide bonds. The largest absolute Gasteiger partial charge is 0.466 e. The topological polar surface area (TPSA) is 78.5 Å². The number of rotatable bonds is 5. The third-order valence-electron chi connectivity index (χ3n) is 7.89.